The molecule has 0 spiro atoms. The van der Waals surface area contributed by atoms with Crippen molar-refractivity contribution in [1.29, 1.82) is 0 Å². The molecule has 0 fully saturated rings. The number of amides is 1. The van der Waals surface area contributed by atoms with Crippen molar-refractivity contribution in [3.8, 4) is 11.4 Å². The van der Waals surface area contributed by atoms with E-state index in [0.29, 0.717) is 0 Å². The van der Waals surface area contributed by atoms with Crippen LogP contribution in [0.4, 0.5) is 5.69 Å². The van der Waals surface area contributed by atoms with Crippen LogP contribution in [-0.4, -0.2) is 37.7 Å². The van der Waals surface area contributed by atoms with Crippen molar-refractivity contribution in [2.75, 3.05) is 17.3 Å². The Bertz CT molecular complexity index is 882. The van der Waals surface area contributed by atoms with Crippen molar-refractivity contribution < 1.29 is 4.79 Å². The van der Waals surface area contributed by atoms with E-state index in [4.69, 9.17) is 0 Å². The molecule has 1 aromatic carbocycles. The maximum absolute atomic E-state index is 12.3. The van der Waals surface area contributed by atoms with E-state index in [2.05, 4.69) is 20.5 Å². The third-order valence-electron chi connectivity index (χ3n) is 3.64. The fourth-order valence-electron chi connectivity index (χ4n) is 2.42. The van der Waals surface area contributed by atoms with Gasteiger partial charge in [-0.2, -0.15) is 0 Å². The Labute approximate surface area is 160 Å². The van der Waals surface area contributed by atoms with E-state index in [1.165, 1.54) is 11.8 Å². The van der Waals surface area contributed by atoms with Crippen LogP contribution in [0, 0.1) is 0 Å². The SMILES string of the molecule is CCn1c(SCC(=O)Nc2cccc(SC)c2)nnc1-c1cccnc1. The highest BCUT2D eigenvalue weighted by Crippen LogP contribution is 2.24. The fourth-order valence-corrected chi connectivity index (χ4v) is 3.68. The van der Waals surface area contributed by atoms with Gasteiger partial charge in [-0.05, 0) is 43.5 Å². The molecule has 0 aliphatic rings. The zero-order chi connectivity index (χ0) is 18.4. The van der Waals surface area contributed by atoms with Crippen LogP contribution < -0.4 is 5.32 Å². The van der Waals surface area contributed by atoms with E-state index in [1.807, 2.05) is 54.1 Å². The Morgan fingerprint density at radius 2 is 2.12 bits per heavy atom. The normalized spacial score (nSPS) is 10.7. The molecule has 26 heavy (non-hydrogen) atoms. The number of hydrogen-bond donors (Lipinski definition) is 1. The Hall–Kier alpha value is -2.32. The molecule has 3 rings (SSSR count). The number of nitrogens with one attached hydrogen (secondary N) is 1. The minimum atomic E-state index is -0.0677. The maximum atomic E-state index is 12.3. The molecule has 0 unspecified atom stereocenters. The second-order valence-electron chi connectivity index (χ2n) is 5.36. The summed E-state index contributed by atoms with van der Waals surface area (Å²) in [5, 5.41) is 12.1. The molecule has 0 aliphatic carbocycles. The summed E-state index contributed by atoms with van der Waals surface area (Å²) in [6, 6.07) is 11.6. The van der Waals surface area contributed by atoms with E-state index in [1.54, 1.807) is 24.2 Å². The van der Waals surface area contributed by atoms with Crippen LogP contribution in [-0.2, 0) is 11.3 Å². The predicted molar refractivity (Wildman–Crippen MR) is 107 cm³/mol. The van der Waals surface area contributed by atoms with Crippen LogP contribution in [0.1, 0.15) is 6.92 Å². The number of anilines is 1. The Balaban J connectivity index is 1.66. The topological polar surface area (TPSA) is 72.7 Å². The van der Waals surface area contributed by atoms with Crippen LogP contribution in [0.2, 0.25) is 0 Å². The molecule has 0 saturated carbocycles. The molecule has 0 bridgehead atoms. The highest BCUT2D eigenvalue weighted by atomic mass is 32.2. The van der Waals surface area contributed by atoms with Gasteiger partial charge in [-0.25, -0.2) is 0 Å². The number of carbonyl (C=O) groups is 1. The first kappa shape index (κ1) is 18.5. The number of benzene rings is 1. The summed E-state index contributed by atoms with van der Waals surface area (Å²) in [5.74, 6) is 0.965. The van der Waals surface area contributed by atoms with Crippen molar-refractivity contribution in [3.63, 3.8) is 0 Å². The number of thioether (sulfide) groups is 2. The number of carbonyl (C=O) groups excluding carboxylic acids is 1. The van der Waals surface area contributed by atoms with Crippen molar-refractivity contribution in [3.05, 3.63) is 48.8 Å². The summed E-state index contributed by atoms with van der Waals surface area (Å²) >= 11 is 3.02. The molecule has 134 valence electrons. The van der Waals surface area contributed by atoms with Crippen LogP contribution in [0.15, 0.2) is 58.8 Å². The molecule has 6 nitrogen and oxygen atoms in total. The quantitative estimate of drug-likeness (QED) is 0.624. The number of nitrogens with zero attached hydrogens (tertiary/aromatic N) is 4. The summed E-state index contributed by atoms with van der Waals surface area (Å²) in [6.45, 7) is 2.75. The zero-order valence-electron chi connectivity index (χ0n) is 14.5. The van der Waals surface area contributed by atoms with E-state index in [0.717, 1.165) is 33.7 Å². The highest BCUT2D eigenvalue weighted by Gasteiger charge is 2.14. The Morgan fingerprint density at radius 3 is 2.85 bits per heavy atom. The third kappa shape index (κ3) is 4.44. The predicted octanol–water partition coefficient (Wildman–Crippen LogP) is 3.81. The summed E-state index contributed by atoms with van der Waals surface area (Å²) in [6.07, 6.45) is 5.49. The Kier molecular flexibility index (Phi) is 6.30. The van der Waals surface area contributed by atoms with Crippen LogP contribution >= 0.6 is 23.5 Å². The molecule has 0 saturated heterocycles. The van der Waals surface area contributed by atoms with E-state index in [9.17, 15) is 4.79 Å². The van der Waals surface area contributed by atoms with Crippen molar-refractivity contribution in [2.45, 2.75) is 23.5 Å². The molecule has 3 aromatic rings. The van der Waals surface area contributed by atoms with Crippen molar-refractivity contribution in [1.82, 2.24) is 19.7 Å². The van der Waals surface area contributed by atoms with E-state index in [-0.39, 0.29) is 11.7 Å². The first-order valence-corrected chi connectivity index (χ1v) is 10.3. The monoisotopic (exact) mass is 385 g/mol. The van der Waals surface area contributed by atoms with Gasteiger partial charge in [0.2, 0.25) is 5.91 Å². The molecule has 0 atom stereocenters. The fraction of sp³-hybridized carbons (Fsp3) is 0.222. The van der Waals surface area contributed by atoms with Gasteiger partial charge < -0.3 is 9.88 Å². The van der Waals surface area contributed by atoms with Gasteiger partial charge in [-0.1, -0.05) is 17.8 Å². The zero-order valence-corrected chi connectivity index (χ0v) is 16.2. The maximum Gasteiger partial charge on any atom is 0.234 e. The summed E-state index contributed by atoms with van der Waals surface area (Å²) in [7, 11) is 0. The van der Waals surface area contributed by atoms with Gasteiger partial charge in [0, 0.05) is 35.1 Å². The largest absolute Gasteiger partial charge is 0.325 e. The molecular weight excluding hydrogens is 366 g/mol. The van der Waals surface area contributed by atoms with Gasteiger partial charge in [0.25, 0.3) is 0 Å². The first-order valence-electron chi connectivity index (χ1n) is 8.11. The van der Waals surface area contributed by atoms with Crippen LogP contribution in [0.3, 0.4) is 0 Å². The van der Waals surface area contributed by atoms with Crippen molar-refractivity contribution >= 4 is 35.1 Å². The summed E-state index contributed by atoms with van der Waals surface area (Å²) in [5.41, 5.74) is 1.71. The molecule has 8 heteroatoms. The third-order valence-corrected chi connectivity index (χ3v) is 5.33. The highest BCUT2D eigenvalue weighted by molar-refractivity contribution is 7.99. The Morgan fingerprint density at radius 1 is 1.23 bits per heavy atom. The molecular formula is C18H19N5OS2. The minimum Gasteiger partial charge on any atom is -0.325 e. The van der Waals surface area contributed by atoms with Gasteiger partial charge >= 0.3 is 0 Å². The van der Waals surface area contributed by atoms with Gasteiger partial charge in [0.1, 0.15) is 0 Å². The number of pyridine rings is 1. The van der Waals surface area contributed by atoms with Crippen LogP contribution in [0.5, 0.6) is 0 Å². The van der Waals surface area contributed by atoms with Crippen LogP contribution in [0.25, 0.3) is 11.4 Å². The van der Waals surface area contributed by atoms with Gasteiger partial charge in [0.05, 0.1) is 5.75 Å². The minimum absolute atomic E-state index is 0.0677. The lowest BCUT2D eigenvalue weighted by atomic mass is 10.3. The smallest absolute Gasteiger partial charge is 0.234 e. The summed E-state index contributed by atoms with van der Waals surface area (Å²) < 4.78 is 1.99. The van der Waals surface area contributed by atoms with Gasteiger partial charge in [0.15, 0.2) is 11.0 Å². The van der Waals surface area contributed by atoms with Crippen molar-refractivity contribution in [2.24, 2.45) is 0 Å². The van der Waals surface area contributed by atoms with Gasteiger partial charge in [-0.15, -0.1) is 22.0 Å². The number of aromatic nitrogens is 4. The summed E-state index contributed by atoms with van der Waals surface area (Å²) in [4.78, 5) is 17.5. The average Bonchev–Trinajstić information content (AvgIpc) is 3.10. The molecule has 0 radical (unpaired) electrons. The molecule has 2 heterocycles. The lowest BCUT2D eigenvalue weighted by Gasteiger charge is -2.08. The van der Waals surface area contributed by atoms with E-state index >= 15 is 0 Å². The number of hydrogen-bond acceptors (Lipinski definition) is 6. The first-order chi connectivity index (χ1) is 12.7. The lowest BCUT2D eigenvalue weighted by molar-refractivity contribution is -0.113. The van der Waals surface area contributed by atoms with E-state index < -0.39 is 0 Å². The molecule has 0 aliphatic heterocycles. The average molecular weight is 386 g/mol. The molecule has 1 amide bonds. The molecule has 1 N–H and O–H groups in total. The lowest BCUT2D eigenvalue weighted by Crippen LogP contribution is -2.14. The number of rotatable bonds is 7. The van der Waals surface area contributed by atoms with Gasteiger partial charge in [-0.3, -0.25) is 9.78 Å². The second-order valence-corrected chi connectivity index (χ2v) is 7.18. The molecule has 2 aromatic heterocycles. The standard InChI is InChI=1S/C18H19N5OS2/c1-3-23-17(13-6-5-9-19-11-13)21-22-18(23)26-12-16(24)20-14-7-4-8-15(10-14)25-2/h4-11H,3,12H2,1-2H3,(H,20,24). The second kappa shape index (κ2) is 8.86.